The number of hydrogen-bond donors (Lipinski definition) is 1. The molecule has 9 heteroatoms. The molecule has 0 aromatic heterocycles. The molecular formula is C26H26Cl2F3NO3. The molecule has 0 aliphatic heterocycles. The number of Topliss-reactive ketones (excluding diaryl/α,β-unsaturated/α-hetero) is 1. The van der Waals surface area contributed by atoms with Crippen LogP contribution in [0, 0.1) is 6.92 Å². The van der Waals surface area contributed by atoms with E-state index in [4.69, 9.17) is 23.2 Å². The van der Waals surface area contributed by atoms with Gasteiger partial charge in [-0.3, -0.25) is 9.59 Å². The number of ketones is 1. The van der Waals surface area contributed by atoms with Crippen molar-refractivity contribution >= 4 is 47.3 Å². The van der Waals surface area contributed by atoms with Gasteiger partial charge >= 0.3 is 6.18 Å². The zero-order chi connectivity index (χ0) is 26.2. The molecule has 2 aromatic rings. The molecule has 188 valence electrons. The zero-order valence-electron chi connectivity index (χ0n) is 19.3. The van der Waals surface area contributed by atoms with E-state index >= 15 is 0 Å². The number of allylic oxidation sites excluding steroid dienone is 1. The number of aryl methyl sites for hydroxylation is 1. The normalized spacial score (nSPS) is 13.5. The quantitative estimate of drug-likeness (QED) is 0.250. The van der Waals surface area contributed by atoms with Crippen LogP contribution in [-0.4, -0.2) is 30.2 Å². The highest BCUT2D eigenvalue weighted by molar-refractivity contribution is 6.34. The standard InChI is InChI=1S/C26H26Cl2F3NO3/c1-3-21(6-7-22(34)10-11-33)32-25(35)23-8-4-17(12-16(23)2)5-9-24(26(29,30)31)18-13-19(27)15-20(28)14-18/h4-5,8-9,11-15,21,24H,3,6-7,10H2,1-2H3,(H,32,35)/b9-5+. The average Bonchev–Trinajstić information content (AvgIpc) is 2.75. The van der Waals surface area contributed by atoms with Crippen molar-refractivity contribution in [2.45, 2.75) is 57.7 Å². The van der Waals surface area contributed by atoms with Gasteiger partial charge in [-0.1, -0.05) is 54.4 Å². The summed E-state index contributed by atoms with van der Waals surface area (Å²) in [7, 11) is 0. The number of benzene rings is 2. The molecule has 4 nitrogen and oxygen atoms in total. The van der Waals surface area contributed by atoms with Gasteiger partial charge in [-0.05, 0) is 60.7 Å². The predicted octanol–water partition coefficient (Wildman–Crippen LogP) is 7.11. The topological polar surface area (TPSA) is 63.2 Å². The molecule has 0 radical (unpaired) electrons. The third-order valence-corrected chi connectivity index (χ3v) is 5.92. The molecular weight excluding hydrogens is 502 g/mol. The lowest BCUT2D eigenvalue weighted by atomic mass is 9.96. The second-order valence-corrected chi connectivity index (χ2v) is 9.06. The van der Waals surface area contributed by atoms with E-state index in [0.29, 0.717) is 35.8 Å². The summed E-state index contributed by atoms with van der Waals surface area (Å²) >= 11 is 11.8. The molecule has 35 heavy (non-hydrogen) atoms. The van der Waals surface area contributed by atoms with Gasteiger partial charge in [-0.2, -0.15) is 13.2 Å². The molecule has 0 heterocycles. The van der Waals surface area contributed by atoms with Crippen LogP contribution in [0.25, 0.3) is 6.08 Å². The molecule has 1 amide bonds. The maximum absolute atomic E-state index is 13.7. The molecule has 0 aliphatic rings. The van der Waals surface area contributed by atoms with E-state index in [1.54, 1.807) is 25.1 Å². The van der Waals surface area contributed by atoms with E-state index in [0.717, 1.165) is 6.08 Å². The Morgan fingerprint density at radius 2 is 1.74 bits per heavy atom. The Balaban J connectivity index is 2.17. The smallest absolute Gasteiger partial charge is 0.349 e. The van der Waals surface area contributed by atoms with E-state index < -0.39 is 12.1 Å². The fourth-order valence-electron chi connectivity index (χ4n) is 3.59. The van der Waals surface area contributed by atoms with Crippen molar-refractivity contribution in [1.82, 2.24) is 5.32 Å². The van der Waals surface area contributed by atoms with E-state index in [9.17, 15) is 27.6 Å². The fraction of sp³-hybridized carbons (Fsp3) is 0.346. The number of hydrogen-bond acceptors (Lipinski definition) is 3. The Bertz CT molecular complexity index is 1080. The molecule has 0 bridgehead atoms. The highest BCUT2D eigenvalue weighted by atomic mass is 35.5. The third kappa shape index (κ3) is 8.82. The van der Waals surface area contributed by atoms with E-state index in [1.807, 2.05) is 6.92 Å². The summed E-state index contributed by atoms with van der Waals surface area (Å²) in [4.78, 5) is 34.7. The number of carbonyl (C=O) groups is 3. The van der Waals surface area contributed by atoms with Crippen molar-refractivity contribution in [1.29, 1.82) is 0 Å². The molecule has 2 atom stereocenters. The largest absolute Gasteiger partial charge is 0.399 e. The SMILES string of the molecule is CCC(CCC(=O)CC=O)NC(=O)c1ccc(/C=C/C(c2cc(Cl)cc(Cl)c2)C(F)(F)F)cc1C. The Morgan fingerprint density at radius 3 is 2.29 bits per heavy atom. The first kappa shape index (κ1) is 28.6. The Hall–Kier alpha value is -2.64. The lowest BCUT2D eigenvalue weighted by molar-refractivity contribution is -0.139. The minimum atomic E-state index is -4.55. The Labute approximate surface area is 212 Å². The predicted molar refractivity (Wildman–Crippen MR) is 132 cm³/mol. The van der Waals surface area contributed by atoms with Crippen LogP contribution in [0.2, 0.25) is 10.0 Å². The van der Waals surface area contributed by atoms with Gasteiger partial charge < -0.3 is 10.1 Å². The van der Waals surface area contributed by atoms with Gasteiger partial charge in [0.2, 0.25) is 0 Å². The van der Waals surface area contributed by atoms with Crippen molar-refractivity contribution < 1.29 is 27.6 Å². The van der Waals surface area contributed by atoms with Gasteiger partial charge in [-0.15, -0.1) is 0 Å². The van der Waals surface area contributed by atoms with Gasteiger partial charge in [0.25, 0.3) is 5.91 Å². The third-order valence-electron chi connectivity index (χ3n) is 5.48. The lowest BCUT2D eigenvalue weighted by Gasteiger charge is -2.18. The second-order valence-electron chi connectivity index (χ2n) is 8.18. The molecule has 1 N–H and O–H groups in total. The van der Waals surface area contributed by atoms with Crippen LogP contribution in [-0.2, 0) is 9.59 Å². The summed E-state index contributed by atoms with van der Waals surface area (Å²) in [6.07, 6.45) is -0.553. The number of nitrogens with one attached hydrogen (secondary N) is 1. The zero-order valence-corrected chi connectivity index (χ0v) is 20.8. The van der Waals surface area contributed by atoms with Crippen LogP contribution in [0.1, 0.15) is 65.6 Å². The average molecular weight is 528 g/mol. The monoisotopic (exact) mass is 527 g/mol. The first-order valence-corrected chi connectivity index (χ1v) is 11.8. The summed E-state index contributed by atoms with van der Waals surface area (Å²) in [6, 6.07) is 8.31. The van der Waals surface area contributed by atoms with Crippen LogP contribution in [0.5, 0.6) is 0 Å². The number of amides is 1. The van der Waals surface area contributed by atoms with Gasteiger partial charge in [0.15, 0.2) is 0 Å². The maximum atomic E-state index is 13.7. The van der Waals surface area contributed by atoms with Gasteiger partial charge in [0, 0.05) is 28.1 Å². The highest BCUT2D eigenvalue weighted by Crippen LogP contribution is 2.38. The molecule has 0 saturated carbocycles. The first-order chi connectivity index (χ1) is 16.4. The number of halogens is 5. The summed E-state index contributed by atoms with van der Waals surface area (Å²) in [5.74, 6) is -2.43. The molecule has 0 aliphatic carbocycles. The van der Waals surface area contributed by atoms with Crippen molar-refractivity contribution in [3.63, 3.8) is 0 Å². The van der Waals surface area contributed by atoms with Gasteiger partial charge in [-0.25, -0.2) is 0 Å². The van der Waals surface area contributed by atoms with E-state index in [2.05, 4.69) is 5.32 Å². The van der Waals surface area contributed by atoms with Crippen molar-refractivity contribution in [3.8, 4) is 0 Å². The summed E-state index contributed by atoms with van der Waals surface area (Å²) in [6.45, 7) is 3.57. The fourth-order valence-corrected chi connectivity index (χ4v) is 4.13. The number of carbonyl (C=O) groups excluding carboxylic acids is 3. The lowest BCUT2D eigenvalue weighted by Crippen LogP contribution is -2.35. The minimum absolute atomic E-state index is 0.0730. The summed E-state index contributed by atoms with van der Waals surface area (Å²) in [5.41, 5.74) is 1.39. The molecule has 2 rings (SSSR count). The van der Waals surface area contributed by atoms with Crippen LogP contribution >= 0.6 is 23.2 Å². The maximum Gasteiger partial charge on any atom is 0.399 e. The second kappa shape index (κ2) is 12.9. The number of aldehydes is 1. The van der Waals surface area contributed by atoms with Crippen molar-refractivity contribution in [3.05, 3.63) is 74.8 Å². The number of alkyl halides is 3. The molecule has 0 saturated heterocycles. The molecule has 0 spiro atoms. The molecule has 2 unspecified atom stereocenters. The van der Waals surface area contributed by atoms with Gasteiger partial charge in [0.05, 0.1) is 12.3 Å². The van der Waals surface area contributed by atoms with Crippen LogP contribution in [0.4, 0.5) is 13.2 Å². The highest BCUT2D eigenvalue weighted by Gasteiger charge is 2.39. The Morgan fingerprint density at radius 1 is 1.09 bits per heavy atom. The van der Waals surface area contributed by atoms with E-state index in [-0.39, 0.29) is 46.2 Å². The van der Waals surface area contributed by atoms with Crippen molar-refractivity contribution in [2.24, 2.45) is 0 Å². The summed E-state index contributed by atoms with van der Waals surface area (Å²) in [5, 5.41) is 3.09. The summed E-state index contributed by atoms with van der Waals surface area (Å²) < 4.78 is 41.1. The first-order valence-electron chi connectivity index (χ1n) is 11.0. The number of rotatable bonds is 11. The van der Waals surface area contributed by atoms with Crippen LogP contribution in [0.15, 0.2) is 42.5 Å². The van der Waals surface area contributed by atoms with Crippen LogP contribution < -0.4 is 5.32 Å². The molecule has 2 aromatic carbocycles. The van der Waals surface area contributed by atoms with Crippen molar-refractivity contribution in [2.75, 3.05) is 0 Å². The van der Waals surface area contributed by atoms with E-state index in [1.165, 1.54) is 24.3 Å². The van der Waals surface area contributed by atoms with Crippen LogP contribution in [0.3, 0.4) is 0 Å². The Kier molecular flexibility index (Phi) is 10.5. The van der Waals surface area contributed by atoms with Gasteiger partial charge in [0.1, 0.15) is 12.1 Å². The minimum Gasteiger partial charge on any atom is -0.349 e. The molecule has 0 fully saturated rings.